The molecule has 2 N–H and O–H groups in total. The van der Waals surface area contributed by atoms with Crippen LogP contribution in [-0.2, 0) is 4.79 Å². The van der Waals surface area contributed by atoms with Crippen LogP contribution in [0.1, 0.15) is 106 Å². The zero-order valence-electron chi connectivity index (χ0n) is 22.2. The first-order valence-electron chi connectivity index (χ1n) is 13.8. The van der Waals surface area contributed by atoms with Crippen LogP contribution < -0.4 is 0 Å². The van der Waals surface area contributed by atoms with Gasteiger partial charge >= 0.3 is 0 Å². The van der Waals surface area contributed by atoms with E-state index in [0.29, 0.717) is 17.8 Å². The highest BCUT2D eigenvalue weighted by molar-refractivity contribution is 5.95. The third-order valence-electron chi connectivity index (χ3n) is 12.6. The molecule has 5 aliphatic rings. The second kappa shape index (κ2) is 7.19. The summed E-state index contributed by atoms with van der Waals surface area (Å²) in [5, 5.41) is 21.7. The van der Waals surface area contributed by atoms with E-state index in [2.05, 4.69) is 48.5 Å². The lowest BCUT2D eigenvalue weighted by atomic mass is 9.42. The molecule has 0 saturated heterocycles. The molecule has 0 aromatic heterocycles. The number of fused-ring (bicyclic) bond motifs is 6. The van der Waals surface area contributed by atoms with Gasteiger partial charge < -0.3 is 10.2 Å². The van der Waals surface area contributed by atoms with Crippen molar-refractivity contribution in [2.45, 2.75) is 118 Å². The lowest BCUT2D eigenvalue weighted by molar-refractivity contribution is -0.170. The van der Waals surface area contributed by atoms with Crippen molar-refractivity contribution in [3.8, 4) is 0 Å². The summed E-state index contributed by atoms with van der Waals surface area (Å²) in [6.07, 6.45) is 11.1. The molecule has 186 valence electrons. The minimum atomic E-state index is -0.393. The summed E-state index contributed by atoms with van der Waals surface area (Å²) < 4.78 is 0. The number of carbonyl (C=O) groups excluding carboxylic acids is 1. The number of carbonyl (C=O) groups is 1. The van der Waals surface area contributed by atoms with E-state index in [1.54, 1.807) is 0 Å². The molecule has 0 amide bonds. The van der Waals surface area contributed by atoms with Gasteiger partial charge in [0.2, 0.25) is 0 Å². The summed E-state index contributed by atoms with van der Waals surface area (Å²) in [7, 11) is 0. The van der Waals surface area contributed by atoms with Crippen LogP contribution in [0.15, 0.2) is 11.6 Å². The fraction of sp³-hybridized carbons (Fsp3) is 0.900. The average Bonchev–Trinajstić information content (AvgIpc) is 2.85. The van der Waals surface area contributed by atoms with Gasteiger partial charge in [-0.15, -0.1) is 0 Å². The number of aliphatic hydroxyl groups is 2. The summed E-state index contributed by atoms with van der Waals surface area (Å²) in [6.45, 7) is 16.3. The highest BCUT2D eigenvalue weighted by Crippen LogP contribution is 2.70. The van der Waals surface area contributed by atoms with E-state index < -0.39 is 6.10 Å². The Morgan fingerprint density at radius 2 is 1.33 bits per heavy atom. The molecule has 9 atom stereocenters. The minimum absolute atomic E-state index is 0.0246. The van der Waals surface area contributed by atoms with Crippen molar-refractivity contribution >= 4 is 5.78 Å². The van der Waals surface area contributed by atoms with E-state index in [1.807, 2.05) is 6.08 Å². The molecule has 0 aliphatic heterocycles. The van der Waals surface area contributed by atoms with Gasteiger partial charge in [0, 0.05) is 11.3 Å². The predicted octanol–water partition coefficient (Wildman–Crippen LogP) is 6.32. The van der Waals surface area contributed by atoms with Gasteiger partial charge in [-0.05, 0) is 103 Å². The lowest BCUT2D eigenvalue weighted by Crippen LogP contribution is -2.58. The third-order valence-corrected chi connectivity index (χ3v) is 12.6. The van der Waals surface area contributed by atoms with Crippen molar-refractivity contribution < 1.29 is 15.0 Å². The van der Waals surface area contributed by atoms with Crippen LogP contribution >= 0.6 is 0 Å². The van der Waals surface area contributed by atoms with Gasteiger partial charge in [-0.1, -0.05) is 54.0 Å². The number of allylic oxidation sites excluding steroid dienone is 2. The molecule has 0 spiro atoms. The zero-order valence-corrected chi connectivity index (χ0v) is 22.2. The maximum absolute atomic E-state index is 13.6. The van der Waals surface area contributed by atoms with Crippen LogP contribution in [0.5, 0.6) is 0 Å². The largest absolute Gasteiger partial charge is 0.393 e. The zero-order chi connectivity index (χ0) is 24.2. The van der Waals surface area contributed by atoms with Crippen molar-refractivity contribution in [1.82, 2.24) is 0 Å². The van der Waals surface area contributed by atoms with Crippen molar-refractivity contribution in [3.63, 3.8) is 0 Å². The summed E-state index contributed by atoms with van der Waals surface area (Å²) in [6, 6.07) is 0. The molecule has 5 aliphatic carbocycles. The second-order valence-electron chi connectivity index (χ2n) is 14.9. The van der Waals surface area contributed by atoms with Gasteiger partial charge in [0.1, 0.15) is 0 Å². The second-order valence-corrected chi connectivity index (χ2v) is 14.9. The van der Waals surface area contributed by atoms with Gasteiger partial charge in [0.25, 0.3) is 0 Å². The molecule has 0 heterocycles. The maximum Gasteiger partial charge on any atom is 0.159 e. The molecule has 0 aromatic rings. The highest BCUT2D eigenvalue weighted by atomic mass is 16.3. The standard InChI is InChI=1S/C30H48O3/c1-26(2)21-10-13-28(5)17-18-16-20(31)25-27(3,4)24(33)11-14-29(25,6)19(18)8-9-22(28)30(21,7)15-12-23(26)32/h16,19,21-25,32-33H,8-15,17H2,1-7H3. The summed E-state index contributed by atoms with van der Waals surface area (Å²) in [5.41, 5.74) is 1.48. The van der Waals surface area contributed by atoms with Crippen LogP contribution in [0, 0.1) is 50.7 Å². The van der Waals surface area contributed by atoms with E-state index in [-0.39, 0.29) is 44.9 Å². The Morgan fingerprint density at radius 1 is 0.727 bits per heavy atom. The van der Waals surface area contributed by atoms with Gasteiger partial charge in [0.05, 0.1) is 12.2 Å². The van der Waals surface area contributed by atoms with Crippen LogP contribution in [-0.4, -0.2) is 28.2 Å². The number of rotatable bonds is 0. The molecule has 0 radical (unpaired) electrons. The summed E-state index contributed by atoms with van der Waals surface area (Å²) in [4.78, 5) is 13.6. The quantitative estimate of drug-likeness (QED) is 0.448. The van der Waals surface area contributed by atoms with E-state index >= 15 is 0 Å². The maximum atomic E-state index is 13.6. The van der Waals surface area contributed by atoms with Gasteiger partial charge in [0.15, 0.2) is 5.78 Å². The van der Waals surface area contributed by atoms with E-state index in [0.717, 1.165) is 32.1 Å². The Morgan fingerprint density at radius 3 is 2.00 bits per heavy atom. The minimum Gasteiger partial charge on any atom is -0.393 e. The monoisotopic (exact) mass is 456 g/mol. The first-order valence-corrected chi connectivity index (χ1v) is 13.8. The number of ketones is 1. The average molecular weight is 457 g/mol. The van der Waals surface area contributed by atoms with Crippen LogP contribution in [0.4, 0.5) is 0 Å². The number of aliphatic hydroxyl groups excluding tert-OH is 2. The van der Waals surface area contributed by atoms with Crippen molar-refractivity contribution in [1.29, 1.82) is 0 Å². The number of hydrogen-bond acceptors (Lipinski definition) is 3. The fourth-order valence-electron chi connectivity index (χ4n) is 10.9. The molecule has 3 nitrogen and oxygen atoms in total. The van der Waals surface area contributed by atoms with Crippen molar-refractivity contribution in [2.24, 2.45) is 50.7 Å². The van der Waals surface area contributed by atoms with E-state index in [1.165, 1.54) is 31.3 Å². The van der Waals surface area contributed by atoms with Crippen LogP contribution in [0.3, 0.4) is 0 Å². The number of hydrogen-bond donors (Lipinski definition) is 2. The fourth-order valence-corrected chi connectivity index (χ4v) is 10.9. The third kappa shape index (κ3) is 3.09. The molecule has 3 heteroatoms. The highest BCUT2D eigenvalue weighted by Gasteiger charge is 2.64. The first-order chi connectivity index (χ1) is 15.2. The molecule has 9 unspecified atom stereocenters. The van der Waals surface area contributed by atoms with E-state index in [4.69, 9.17) is 0 Å². The molecule has 4 fully saturated rings. The lowest BCUT2D eigenvalue weighted by Gasteiger charge is -2.63. The van der Waals surface area contributed by atoms with Crippen LogP contribution in [0.25, 0.3) is 0 Å². The first kappa shape index (κ1) is 24.0. The van der Waals surface area contributed by atoms with Gasteiger partial charge in [-0.3, -0.25) is 4.79 Å². The Bertz CT molecular complexity index is 870. The Hall–Kier alpha value is -0.670. The van der Waals surface area contributed by atoms with Crippen molar-refractivity contribution in [2.75, 3.05) is 0 Å². The summed E-state index contributed by atoms with van der Waals surface area (Å²) >= 11 is 0. The van der Waals surface area contributed by atoms with Crippen molar-refractivity contribution in [3.05, 3.63) is 11.6 Å². The van der Waals surface area contributed by atoms with E-state index in [9.17, 15) is 15.0 Å². The smallest absolute Gasteiger partial charge is 0.159 e. The molecular formula is C30H48O3. The molecule has 0 bridgehead atoms. The Kier molecular flexibility index (Phi) is 5.24. The Balaban J connectivity index is 1.54. The van der Waals surface area contributed by atoms with Gasteiger partial charge in [-0.2, -0.15) is 0 Å². The molecule has 4 saturated carbocycles. The normalized spacial score (nSPS) is 53.0. The molecule has 33 heavy (non-hydrogen) atoms. The van der Waals surface area contributed by atoms with Gasteiger partial charge in [-0.25, -0.2) is 0 Å². The SMILES string of the molecule is CC12CCC3C(C)(C)C(O)CCC3(C)C1CCC1C(=CC(=O)C3C(C)(C)C(O)CCC13C)C2. The van der Waals surface area contributed by atoms with Crippen LogP contribution in [0.2, 0.25) is 0 Å². The Labute approximate surface area is 201 Å². The predicted molar refractivity (Wildman–Crippen MR) is 132 cm³/mol. The molecule has 5 rings (SSSR count). The summed E-state index contributed by atoms with van der Waals surface area (Å²) in [5.74, 6) is 1.86. The molecule has 0 aromatic carbocycles. The topological polar surface area (TPSA) is 57.5 Å². The molecular weight excluding hydrogens is 408 g/mol.